The van der Waals surface area contributed by atoms with Crippen LogP contribution in [0, 0.1) is 0 Å². The number of methoxy groups -OCH3 is 3. The van der Waals surface area contributed by atoms with E-state index in [1.807, 2.05) is 12.1 Å². The third kappa shape index (κ3) is 5.04. The summed E-state index contributed by atoms with van der Waals surface area (Å²) in [4.78, 5) is 22.0. The van der Waals surface area contributed by atoms with Gasteiger partial charge in [0.2, 0.25) is 0 Å². The predicted molar refractivity (Wildman–Crippen MR) is 123 cm³/mol. The summed E-state index contributed by atoms with van der Waals surface area (Å²) in [6.07, 6.45) is 1.50. The summed E-state index contributed by atoms with van der Waals surface area (Å²) in [6.45, 7) is 3.89. The van der Waals surface area contributed by atoms with Crippen molar-refractivity contribution in [3.8, 4) is 11.5 Å². The molecule has 3 heterocycles. The summed E-state index contributed by atoms with van der Waals surface area (Å²) >= 11 is 0. The molecular weight excluding hydrogens is 426 g/mol. The van der Waals surface area contributed by atoms with E-state index in [0.717, 1.165) is 35.4 Å². The number of aromatic nitrogens is 1. The number of furan rings is 1. The first-order valence-corrected chi connectivity index (χ1v) is 10.8. The lowest BCUT2D eigenvalue weighted by Crippen LogP contribution is -2.39. The van der Waals surface area contributed by atoms with E-state index in [0.29, 0.717) is 50.2 Å². The van der Waals surface area contributed by atoms with E-state index in [4.69, 9.17) is 28.3 Å². The number of morpholine rings is 1. The predicted octanol–water partition coefficient (Wildman–Crippen LogP) is 2.97. The zero-order valence-corrected chi connectivity index (χ0v) is 19.2. The number of fused-ring (bicyclic) bond motifs is 1. The molecule has 2 aromatic heterocycles. The lowest BCUT2D eigenvalue weighted by atomic mass is 10.1. The fourth-order valence-corrected chi connectivity index (χ4v) is 3.92. The number of amides is 1. The van der Waals surface area contributed by atoms with Gasteiger partial charge < -0.3 is 33.2 Å². The van der Waals surface area contributed by atoms with Crippen LogP contribution in [-0.4, -0.2) is 76.6 Å². The van der Waals surface area contributed by atoms with Gasteiger partial charge in [0.25, 0.3) is 5.91 Å². The van der Waals surface area contributed by atoms with Crippen LogP contribution in [-0.2, 0) is 16.0 Å². The van der Waals surface area contributed by atoms with Gasteiger partial charge in [0.1, 0.15) is 5.82 Å². The number of carbonyl (C=O) groups is 1. The zero-order valence-electron chi connectivity index (χ0n) is 19.2. The number of nitrogens with zero attached hydrogens (tertiary/aromatic N) is 3. The number of ether oxygens (including phenoxy) is 4. The van der Waals surface area contributed by atoms with Crippen LogP contribution < -0.4 is 14.4 Å². The van der Waals surface area contributed by atoms with Crippen molar-refractivity contribution in [2.45, 2.75) is 6.54 Å². The van der Waals surface area contributed by atoms with E-state index in [1.165, 1.54) is 6.26 Å². The van der Waals surface area contributed by atoms with Gasteiger partial charge in [0, 0.05) is 50.3 Å². The van der Waals surface area contributed by atoms with E-state index in [2.05, 4.69) is 11.0 Å². The van der Waals surface area contributed by atoms with Crippen LogP contribution in [0.25, 0.3) is 10.9 Å². The van der Waals surface area contributed by atoms with Crippen LogP contribution in [0.3, 0.4) is 0 Å². The maximum atomic E-state index is 13.1. The number of rotatable bonds is 9. The van der Waals surface area contributed by atoms with Gasteiger partial charge in [0.05, 0.1) is 45.8 Å². The minimum absolute atomic E-state index is 0.197. The molecule has 176 valence electrons. The first kappa shape index (κ1) is 22.9. The van der Waals surface area contributed by atoms with Gasteiger partial charge in [-0.25, -0.2) is 4.98 Å². The van der Waals surface area contributed by atoms with Crippen molar-refractivity contribution < 1.29 is 28.2 Å². The minimum atomic E-state index is -0.197. The fraction of sp³-hybridized carbons (Fsp3) is 0.417. The quantitative estimate of drug-likeness (QED) is 0.487. The van der Waals surface area contributed by atoms with Crippen molar-refractivity contribution in [3.05, 3.63) is 47.9 Å². The summed E-state index contributed by atoms with van der Waals surface area (Å²) in [5.74, 6) is 2.16. The molecule has 33 heavy (non-hydrogen) atoms. The van der Waals surface area contributed by atoms with Gasteiger partial charge >= 0.3 is 0 Å². The Morgan fingerprint density at radius 3 is 2.55 bits per heavy atom. The van der Waals surface area contributed by atoms with Crippen molar-refractivity contribution in [1.29, 1.82) is 0 Å². The second-order valence-corrected chi connectivity index (χ2v) is 7.67. The maximum Gasteiger partial charge on any atom is 0.289 e. The summed E-state index contributed by atoms with van der Waals surface area (Å²) in [7, 11) is 4.83. The highest BCUT2D eigenvalue weighted by atomic mass is 16.5. The van der Waals surface area contributed by atoms with Crippen molar-refractivity contribution in [1.82, 2.24) is 9.88 Å². The molecule has 1 aliphatic heterocycles. The molecule has 0 spiro atoms. The van der Waals surface area contributed by atoms with Crippen LogP contribution in [0.4, 0.5) is 5.82 Å². The lowest BCUT2D eigenvalue weighted by molar-refractivity contribution is 0.0649. The first-order chi connectivity index (χ1) is 16.1. The highest BCUT2D eigenvalue weighted by Gasteiger charge is 2.24. The fourth-order valence-electron chi connectivity index (χ4n) is 3.92. The SMILES string of the molecule is COCCN(Cc1cc2cc(OC)c(OC)cc2nc1N1CCOCC1)C(=O)c1ccco1. The van der Waals surface area contributed by atoms with Crippen molar-refractivity contribution in [2.24, 2.45) is 0 Å². The highest BCUT2D eigenvalue weighted by molar-refractivity contribution is 5.92. The normalized spacial score (nSPS) is 13.8. The van der Waals surface area contributed by atoms with Gasteiger partial charge in [0.15, 0.2) is 17.3 Å². The van der Waals surface area contributed by atoms with Crippen LogP contribution in [0.1, 0.15) is 16.1 Å². The molecule has 0 N–H and O–H groups in total. The molecule has 0 unspecified atom stereocenters. The molecule has 9 heteroatoms. The molecule has 1 aromatic carbocycles. The van der Waals surface area contributed by atoms with Crippen LogP contribution in [0.2, 0.25) is 0 Å². The Hall–Kier alpha value is -3.30. The Balaban J connectivity index is 1.77. The molecule has 1 aliphatic rings. The van der Waals surface area contributed by atoms with Gasteiger partial charge in [-0.2, -0.15) is 0 Å². The van der Waals surface area contributed by atoms with Crippen LogP contribution >= 0.6 is 0 Å². The van der Waals surface area contributed by atoms with E-state index in [9.17, 15) is 4.79 Å². The topological polar surface area (TPSA) is 86.5 Å². The molecule has 1 amide bonds. The van der Waals surface area contributed by atoms with Crippen molar-refractivity contribution in [2.75, 3.05) is 65.7 Å². The van der Waals surface area contributed by atoms with Crippen molar-refractivity contribution >= 4 is 22.6 Å². The second kappa shape index (κ2) is 10.5. The lowest BCUT2D eigenvalue weighted by Gasteiger charge is -2.31. The number of pyridine rings is 1. The molecule has 0 radical (unpaired) electrons. The Bertz CT molecular complexity index is 1080. The molecule has 1 saturated heterocycles. The zero-order chi connectivity index (χ0) is 23.2. The summed E-state index contributed by atoms with van der Waals surface area (Å²) in [6, 6.07) is 9.21. The van der Waals surface area contributed by atoms with E-state index < -0.39 is 0 Å². The molecule has 0 aliphatic carbocycles. The van der Waals surface area contributed by atoms with Gasteiger partial charge in [-0.3, -0.25) is 4.79 Å². The number of hydrogen-bond acceptors (Lipinski definition) is 8. The van der Waals surface area contributed by atoms with E-state index in [-0.39, 0.29) is 5.91 Å². The van der Waals surface area contributed by atoms with Crippen LogP contribution in [0.5, 0.6) is 11.5 Å². The Morgan fingerprint density at radius 2 is 1.88 bits per heavy atom. The number of hydrogen-bond donors (Lipinski definition) is 0. The van der Waals surface area contributed by atoms with Crippen LogP contribution in [0.15, 0.2) is 41.0 Å². The molecule has 9 nitrogen and oxygen atoms in total. The standard InChI is InChI=1S/C24H29N3O6/c1-29-10-6-27(24(28)20-5-4-9-33-20)16-18-13-17-14-21(30-2)22(31-3)15-19(17)25-23(18)26-7-11-32-12-8-26/h4-5,9,13-15H,6-8,10-12,16H2,1-3H3. The van der Waals surface area contributed by atoms with E-state index >= 15 is 0 Å². The molecule has 0 saturated carbocycles. The van der Waals surface area contributed by atoms with E-state index in [1.54, 1.807) is 38.4 Å². The number of anilines is 1. The third-order valence-corrected chi connectivity index (χ3v) is 5.63. The summed E-state index contributed by atoms with van der Waals surface area (Å²) < 4.78 is 27.1. The number of benzene rings is 1. The van der Waals surface area contributed by atoms with Gasteiger partial charge in [-0.1, -0.05) is 0 Å². The largest absolute Gasteiger partial charge is 0.493 e. The summed E-state index contributed by atoms with van der Waals surface area (Å²) in [5, 5.41) is 0.900. The maximum absolute atomic E-state index is 13.1. The van der Waals surface area contributed by atoms with Gasteiger partial charge in [-0.15, -0.1) is 0 Å². The third-order valence-electron chi connectivity index (χ3n) is 5.63. The average molecular weight is 456 g/mol. The first-order valence-electron chi connectivity index (χ1n) is 10.8. The monoisotopic (exact) mass is 455 g/mol. The highest BCUT2D eigenvalue weighted by Crippen LogP contribution is 2.34. The molecule has 0 bridgehead atoms. The van der Waals surface area contributed by atoms with Crippen molar-refractivity contribution in [3.63, 3.8) is 0 Å². The molecule has 3 aromatic rings. The smallest absolute Gasteiger partial charge is 0.289 e. The van der Waals surface area contributed by atoms with Gasteiger partial charge in [-0.05, 0) is 24.3 Å². The number of carbonyl (C=O) groups excluding carboxylic acids is 1. The molecular formula is C24H29N3O6. The summed E-state index contributed by atoms with van der Waals surface area (Å²) in [5.41, 5.74) is 1.71. The average Bonchev–Trinajstić information content (AvgIpc) is 3.40. The molecule has 4 rings (SSSR count). The Morgan fingerprint density at radius 1 is 1.12 bits per heavy atom. The Labute approximate surface area is 192 Å². The molecule has 0 atom stereocenters. The molecule has 1 fully saturated rings. The Kier molecular flexibility index (Phi) is 7.31. The minimum Gasteiger partial charge on any atom is -0.493 e. The second-order valence-electron chi connectivity index (χ2n) is 7.67.